The normalized spacial score (nSPS) is 17.0. The van der Waals surface area contributed by atoms with E-state index in [0.29, 0.717) is 17.2 Å². The molecule has 6 nitrogen and oxygen atoms in total. The molecule has 0 spiro atoms. The van der Waals surface area contributed by atoms with Gasteiger partial charge in [-0.15, -0.1) is 11.3 Å². The molecular formula is C19H16N2O4S2. The van der Waals surface area contributed by atoms with Gasteiger partial charge in [-0.2, -0.15) is 0 Å². The Morgan fingerprint density at radius 1 is 1.11 bits per heavy atom. The molecule has 0 radical (unpaired) electrons. The predicted octanol–water partition coefficient (Wildman–Crippen LogP) is 3.74. The molecule has 0 N–H and O–H groups in total. The Labute approximate surface area is 164 Å². The number of thioether (sulfide) groups is 1. The first-order chi connectivity index (χ1) is 13.1. The summed E-state index contributed by atoms with van der Waals surface area (Å²) in [7, 11) is 3.05. The fraction of sp³-hybridized carbons (Fsp3) is 0.211. The van der Waals surface area contributed by atoms with Crippen LogP contribution in [0.4, 0.5) is 5.69 Å². The van der Waals surface area contributed by atoms with E-state index >= 15 is 0 Å². The van der Waals surface area contributed by atoms with Gasteiger partial charge in [0.25, 0.3) is 0 Å². The van der Waals surface area contributed by atoms with Crippen LogP contribution in [0.15, 0.2) is 46.8 Å². The van der Waals surface area contributed by atoms with E-state index in [4.69, 9.17) is 9.47 Å². The lowest BCUT2D eigenvalue weighted by atomic mass is 10.2. The average Bonchev–Trinajstić information content (AvgIpc) is 3.21. The first kappa shape index (κ1) is 17.8. The number of methoxy groups -OCH3 is 2. The van der Waals surface area contributed by atoms with Gasteiger partial charge >= 0.3 is 0 Å². The lowest BCUT2D eigenvalue weighted by Crippen LogP contribution is -2.31. The van der Waals surface area contributed by atoms with Crippen LogP contribution in [0.2, 0.25) is 0 Å². The number of nitrogens with zero attached hydrogens (tertiary/aromatic N) is 2. The second-order valence-electron chi connectivity index (χ2n) is 5.86. The summed E-state index contributed by atoms with van der Waals surface area (Å²) in [5.74, 6) is 0.543. The van der Waals surface area contributed by atoms with Crippen LogP contribution in [0.25, 0.3) is 10.2 Å². The van der Waals surface area contributed by atoms with E-state index in [1.54, 1.807) is 18.2 Å². The van der Waals surface area contributed by atoms with Crippen molar-refractivity contribution in [3.63, 3.8) is 0 Å². The van der Waals surface area contributed by atoms with Crippen LogP contribution < -0.4 is 14.4 Å². The number of thiazole rings is 1. The van der Waals surface area contributed by atoms with Crippen molar-refractivity contribution in [3.05, 3.63) is 42.5 Å². The summed E-state index contributed by atoms with van der Waals surface area (Å²) >= 11 is 2.87. The van der Waals surface area contributed by atoms with Gasteiger partial charge in [0.05, 0.1) is 30.1 Å². The summed E-state index contributed by atoms with van der Waals surface area (Å²) in [6.07, 6.45) is 0.147. The number of benzene rings is 2. The highest BCUT2D eigenvalue weighted by Gasteiger charge is 2.41. The zero-order valence-electron chi connectivity index (χ0n) is 14.7. The van der Waals surface area contributed by atoms with Gasteiger partial charge in [0, 0.05) is 12.5 Å². The number of hydrogen-bond donors (Lipinski definition) is 0. The van der Waals surface area contributed by atoms with E-state index in [0.717, 1.165) is 14.6 Å². The molecule has 0 unspecified atom stereocenters. The third-order valence-corrected chi connectivity index (χ3v) is 6.56. The van der Waals surface area contributed by atoms with E-state index in [1.807, 2.05) is 24.3 Å². The van der Waals surface area contributed by atoms with Gasteiger partial charge in [0.15, 0.2) is 15.8 Å². The fourth-order valence-electron chi connectivity index (χ4n) is 2.95. The molecule has 1 saturated heterocycles. The number of carbonyl (C=O) groups excluding carboxylic acids is 2. The molecular weight excluding hydrogens is 384 g/mol. The summed E-state index contributed by atoms with van der Waals surface area (Å²) < 4.78 is 12.3. The summed E-state index contributed by atoms with van der Waals surface area (Å²) in [6, 6.07) is 12.8. The number of carbonyl (C=O) groups is 2. The Morgan fingerprint density at radius 3 is 2.63 bits per heavy atom. The molecule has 2 amide bonds. The number of hydrogen-bond acceptors (Lipinski definition) is 7. The molecule has 1 aromatic heterocycles. The maximum absolute atomic E-state index is 12.9. The van der Waals surface area contributed by atoms with Gasteiger partial charge in [-0.25, -0.2) is 9.88 Å². The first-order valence-corrected chi connectivity index (χ1v) is 9.91. The molecule has 2 aromatic carbocycles. The largest absolute Gasteiger partial charge is 0.493 e. The molecule has 8 heteroatoms. The van der Waals surface area contributed by atoms with Gasteiger partial charge in [0.2, 0.25) is 11.8 Å². The van der Waals surface area contributed by atoms with Crippen LogP contribution in [0.1, 0.15) is 6.42 Å². The van der Waals surface area contributed by atoms with Gasteiger partial charge in [0.1, 0.15) is 5.25 Å². The Bertz CT molecular complexity index is 1000. The molecule has 2 heterocycles. The quantitative estimate of drug-likeness (QED) is 0.608. The number of anilines is 1. The zero-order valence-corrected chi connectivity index (χ0v) is 16.3. The van der Waals surface area contributed by atoms with Crippen LogP contribution in [0, 0.1) is 0 Å². The standard InChI is InChI=1S/C19H16N2O4S2/c1-24-13-8-7-11(9-14(13)25-2)21-17(22)10-16(18(21)23)27-19-20-12-5-3-4-6-15(12)26-19/h3-9,16H,10H2,1-2H3/t16-/m1/s1. The van der Waals surface area contributed by atoms with Crippen LogP contribution >= 0.6 is 23.1 Å². The summed E-state index contributed by atoms with van der Waals surface area (Å²) in [4.78, 5) is 31.2. The molecule has 3 aromatic rings. The number of amides is 2. The average molecular weight is 400 g/mol. The number of ether oxygens (including phenoxy) is 2. The van der Waals surface area contributed by atoms with Crippen molar-refractivity contribution in [2.24, 2.45) is 0 Å². The molecule has 27 heavy (non-hydrogen) atoms. The van der Waals surface area contributed by atoms with Crippen molar-refractivity contribution in [1.82, 2.24) is 4.98 Å². The highest BCUT2D eigenvalue weighted by atomic mass is 32.2. The smallest absolute Gasteiger partial charge is 0.247 e. The van der Waals surface area contributed by atoms with Crippen molar-refractivity contribution < 1.29 is 19.1 Å². The van der Waals surface area contributed by atoms with E-state index in [2.05, 4.69) is 4.98 Å². The lowest BCUT2D eigenvalue weighted by Gasteiger charge is -2.17. The Balaban J connectivity index is 1.58. The molecule has 1 atom stereocenters. The van der Waals surface area contributed by atoms with Crippen molar-refractivity contribution in [2.45, 2.75) is 16.0 Å². The Hall–Kier alpha value is -2.58. The lowest BCUT2D eigenvalue weighted by molar-refractivity contribution is -0.121. The minimum absolute atomic E-state index is 0.147. The Morgan fingerprint density at radius 2 is 1.89 bits per heavy atom. The van der Waals surface area contributed by atoms with Crippen molar-refractivity contribution in [2.75, 3.05) is 19.1 Å². The van der Waals surface area contributed by atoms with E-state index < -0.39 is 5.25 Å². The zero-order chi connectivity index (χ0) is 19.0. The maximum atomic E-state index is 12.9. The topological polar surface area (TPSA) is 68.7 Å². The molecule has 1 fully saturated rings. The fourth-order valence-corrected chi connectivity index (χ4v) is 5.29. The van der Waals surface area contributed by atoms with Gasteiger partial charge < -0.3 is 9.47 Å². The highest BCUT2D eigenvalue weighted by molar-refractivity contribution is 8.02. The molecule has 138 valence electrons. The number of imide groups is 1. The van der Waals surface area contributed by atoms with E-state index in [9.17, 15) is 9.59 Å². The maximum Gasteiger partial charge on any atom is 0.247 e. The molecule has 0 bridgehead atoms. The summed E-state index contributed by atoms with van der Waals surface area (Å²) in [5, 5.41) is -0.480. The van der Waals surface area contributed by atoms with Crippen molar-refractivity contribution in [3.8, 4) is 11.5 Å². The van der Waals surface area contributed by atoms with E-state index in [1.165, 1.54) is 42.2 Å². The molecule has 1 aliphatic rings. The van der Waals surface area contributed by atoms with E-state index in [-0.39, 0.29) is 18.2 Å². The highest BCUT2D eigenvalue weighted by Crippen LogP contribution is 2.39. The minimum Gasteiger partial charge on any atom is -0.493 e. The second kappa shape index (κ2) is 7.21. The predicted molar refractivity (Wildman–Crippen MR) is 106 cm³/mol. The monoisotopic (exact) mass is 400 g/mol. The third kappa shape index (κ3) is 3.26. The molecule has 1 aliphatic heterocycles. The number of fused-ring (bicyclic) bond motifs is 1. The van der Waals surface area contributed by atoms with Gasteiger partial charge in [-0.3, -0.25) is 9.59 Å². The van der Waals surface area contributed by atoms with Crippen molar-refractivity contribution in [1.29, 1.82) is 0 Å². The van der Waals surface area contributed by atoms with Gasteiger partial charge in [-0.05, 0) is 24.3 Å². The summed E-state index contributed by atoms with van der Waals surface area (Å²) in [6.45, 7) is 0. The first-order valence-electron chi connectivity index (χ1n) is 8.21. The van der Waals surface area contributed by atoms with Crippen molar-refractivity contribution >= 4 is 50.8 Å². The number of rotatable bonds is 5. The Kier molecular flexibility index (Phi) is 4.75. The van der Waals surface area contributed by atoms with Crippen LogP contribution in [0.3, 0.4) is 0 Å². The SMILES string of the molecule is COc1ccc(N2C(=O)C[C@@H](Sc3nc4ccccc4s3)C2=O)cc1OC. The summed E-state index contributed by atoms with van der Waals surface area (Å²) in [5.41, 5.74) is 1.38. The van der Waals surface area contributed by atoms with Crippen LogP contribution in [-0.4, -0.2) is 36.3 Å². The molecule has 0 aliphatic carbocycles. The van der Waals surface area contributed by atoms with Gasteiger partial charge in [-0.1, -0.05) is 23.9 Å². The van der Waals surface area contributed by atoms with Crippen LogP contribution in [-0.2, 0) is 9.59 Å². The molecule has 0 saturated carbocycles. The second-order valence-corrected chi connectivity index (χ2v) is 8.35. The minimum atomic E-state index is -0.480. The number of para-hydroxylation sites is 1. The van der Waals surface area contributed by atoms with Crippen LogP contribution in [0.5, 0.6) is 11.5 Å². The number of aromatic nitrogens is 1. The molecule has 4 rings (SSSR count). The third-order valence-electron chi connectivity index (χ3n) is 4.25.